The number of H-pyrrole nitrogens is 1. The van der Waals surface area contributed by atoms with E-state index in [4.69, 9.17) is 0 Å². The van der Waals surface area contributed by atoms with E-state index in [9.17, 15) is 9.18 Å². The van der Waals surface area contributed by atoms with E-state index < -0.39 is 0 Å². The maximum atomic E-state index is 13.3. The van der Waals surface area contributed by atoms with Crippen LogP contribution in [0, 0.1) is 5.82 Å². The largest absolute Gasteiger partial charge is 0.349 e. The summed E-state index contributed by atoms with van der Waals surface area (Å²) in [5.74, 6) is 0.542. The number of carbonyl (C=O) groups excluding carboxylic acids is 1. The van der Waals surface area contributed by atoms with Crippen LogP contribution in [0.4, 0.5) is 10.3 Å². The summed E-state index contributed by atoms with van der Waals surface area (Å²) in [7, 11) is 0. The second-order valence-corrected chi connectivity index (χ2v) is 8.71. The molecule has 0 unspecified atom stereocenters. The lowest BCUT2D eigenvalue weighted by Gasteiger charge is -2.34. The van der Waals surface area contributed by atoms with Crippen LogP contribution in [0.2, 0.25) is 0 Å². The Kier molecular flexibility index (Phi) is 5.77. The Bertz CT molecular complexity index is 1220. The molecule has 1 amide bonds. The van der Waals surface area contributed by atoms with Gasteiger partial charge in [-0.1, -0.05) is 30.0 Å². The number of hydrogen-bond donors (Lipinski definition) is 1. The number of carbonyl (C=O) groups is 1. The Labute approximate surface area is 189 Å². The van der Waals surface area contributed by atoms with Gasteiger partial charge in [0.05, 0.1) is 11.4 Å². The van der Waals surface area contributed by atoms with Crippen molar-refractivity contribution in [2.45, 2.75) is 16.3 Å². The summed E-state index contributed by atoms with van der Waals surface area (Å²) in [5.41, 5.74) is 1.97. The monoisotopic (exact) mass is 447 g/mol. The highest BCUT2D eigenvalue weighted by atomic mass is 32.2. The third-order valence-electron chi connectivity index (χ3n) is 5.60. The fourth-order valence-electron chi connectivity index (χ4n) is 3.93. The van der Waals surface area contributed by atoms with Gasteiger partial charge in [0.25, 0.3) is 0 Å². The molecule has 32 heavy (non-hydrogen) atoms. The number of hydrogen-bond acceptors (Lipinski definition) is 5. The van der Waals surface area contributed by atoms with Gasteiger partial charge >= 0.3 is 0 Å². The second kappa shape index (κ2) is 9.00. The Balaban J connectivity index is 1.33. The molecule has 0 saturated carbocycles. The summed E-state index contributed by atoms with van der Waals surface area (Å²) in [6.45, 7) is 2.70. The van der Waals surface area contributed by atoms with Gasteiger partial charge < -0.3 is 14.8 Å². The van der Waals surface area contributed by atoms with Crippen molar-refractivity contribution in [1.82, 2.24) is 19.9 Å². The number of amides is 1. The van der Waals surface area contributed by atoms with Gasteiger partial charge in [0.15, 0.2) is 0 Å². The van der Waals surface area contributed by atoms with E-state index in [1.807, 2.05) is 29.2 Å². The van der Waals surface area contributed by atoms with Gasteiger partial charge in [-0.25, -0.2) is 14.4 Å². The second-order valence-electron chi connectivity index (χ2n) is 7.63. The zero-order chi connectivity index (χ0) is 21.9. The van der Waals surface area contributed by atoms with Crippen LogP contribution in [-0.2, 0) is 11.2 Å². The number of para-hydroxylation sites is 1. The number of nitrogens with zero attached hydrogens (tertiary/aromatic N) is 4. The van der Waals surface area contributed by atoms with Crippen LogP contribution in [0.15, 0.2) is 76.9 Å². The maximum absolute atomic E-state index is 13.3. The number of aromatic amines is 1. The third-order valence-corrected chi connectivity index (χ3v) is 6.66. The van der Waals surface area contributed by atoms with E-state index in [2.05, 4.69) is 19.9 Å². The molecule has 1 N–H and O–H groups in total. The highest BCUT2D eigenvalue weighted by Gasteiger charge is 2.24. The average molecular weight is 448 g/mol. The number of aromatic nitrogens is 3. The van der Waals surface area contributed by atoms with Gasteiger partial charge in [0.1, 0.15) is 5.82 Å². The molecule has 2 aromatic carbocycles. The number of piperazine rings is 1. The quantitative estimate of drug-likeness (QED) is 0.498. The average Bonchev–Trinajstić information content (AvgIpc) is 3.18. The number of nitrogens with one attached hydrogen (secondary N) is 1. The molecule has 0 aliphatic carbocycles. The molecule has 3 heterocycles. The van der Waals surface area contributed by atoms with Crippen molar-refractivity contribution in [1.29, 1.82) is 0 Å². The first kappa shape index (κ1) is 20.5. The fourth-order valence-corrected chi connectivity index (χ4v) is 4.91. The summed E-state index contributed by atoms with van der Waals surface area (Å²) in [6.07, 6.45) is 3.78. The number of anilines is 1. The predicted octanol–water partition coefficient (Wildman–Crippen LogP) is 4.14. The minimum absolute atomic E-state index is 0.101. The molecule has 0 radical (unpaired) electrons. The SMILES string of the molecule is O=C(Cc1c(Sc2ccc(F)cc2)[nH]c2ccccc12)N1CCN(c2ncccn2)CC1. The molecule has 4 aromatic rings. The van der Waals surface area contributed by atoms with Crippen LogP contribution in [0.5, 0.6) is 0 Å². The topological polar surface area (TPSA) is 65.1 Å². The zero-order valence-electron chi connectivity index (χ0n) is 17.4. The van der Waals surface area contributed by atoms with Crippen LogP contribution >= 0.6 is 11.8 Å². The van der Waals surface area contributed by atoms with E-state index >= 15 is 0 Å². The molecule has 2 aromatic heterocycles. The summed E-state index contributed by atoms with van der Waals surface area (Å²) in [6, 6.07) is 16.2. The van der Waals surface area contributed by atoms with Gasteiger partial charge in [-0.05, 0) is 36.4 Å². The maximum Gasteiger partial charge on any atom is 0.227 e. The van der Waals surface area contributed by atoms with Crippen molar-refractivity contribution >= 4 is 34.5 Å². The van der Waals surface area contributed by atoms with Crippen LogP contribution in [-0.4, -0.2) is 51.9 Å². The number of halogens is 1. The van der Waals surface area contributed by atoms with Crippen molar-refractivity contribution in [3.63, 3.8) is 0 Å². The minimum atomic E-state index is -0.263. The summed E-state index contributed by atoms with van der Waals surface area (Å²) in [5, 5.41) is 1.96. The van der Waals surface area contributed by atoms with Crippen molar-refractivity contribution in [2.75, 3.05) is 31.1 Å². The van der Waals surface area contributed by atoms with Crippen molar-refractivity contribution < 1.29 is 9.18 Å². The molecule has 6 nitrogen and oxygen atoms in total. The molecule has 1 aliphatic heterocycles. The molecule has 5 rings (SSSR count). The Morgan fingerprint density at radius 2 is 1.69 bits per heavy atom. The normalized spacial score (nSPS) is 14.2. The molecule has 1 aliphatic rings. The Hall–Kier alpha value is -3.39. The molecule has 1 saturated heterocycles. The van der Waals surface area contributed by atoms with E-state index in [1.165, 1.54) is 23.9 Å². The first-order valence-electron chi connectivity index (χ1n) is 10.5. The van der Waals surface area contributed by atoms with Crippen molar-refractivity contribution in [3.05, 3.63) is 78.4 Å². The number of rotatable bonds is 5. The van der Waals surface area contributed by atoms with Gasteiger partial charge in [0, 0.05) is 59.9 Å². The van der Waals surface area contributed by atoms with Crippen molar-refractivity contribution in [3.8, 4) is 0 Å². The summed E-state index contributed by atoms with van der Waals surface area (Å²) >= 11 is 1.52. The fraction of sp³-hybridized carbons (Fsp3) is 0.208. The first-order chi connectivity index (χ1) is 15.7. The van der Waals surface area contributed by atoms with E-state index in [0.717, 1.165) is 26.4 Å². The molecule has 0 atom stereocenters. The van der Waals surface area contributed by atoms with Crippen LogP contribution in [0.1, 0.15) is 5.56 Å². The first-order valence-corrected chi connectivity index (χ1v) is 11.3. The predicted molar refractivity (Wildman–Crippen MR) is 123 cm³/mol. The minimum Gasteiger partial charge on any atom is -0.349 e. The van der Waals surface area contributed by atoms with E-state index in [0.29, 0.717) is 38.5 Å². The summed E-state index contributed by atoms with van der Waals surface area (Å²) in [4.78, 5) is 30.2. The van der Waals surface area contributed by atoms with Gasteiger partial charge in [-0.3, -0.25) is 4.79 Å². The molecule has 0 bridgehead atoms. The van der Waals surface area contributed by atoms with E-state index in [-0.39, 0.29) is 11.7 Å². The van der Waals surface area contributed by atoms with Gasteiger partial charge in [-0.2, -0.15) is 0 Å². The lowest BCUT2D eigenvalue weighted by molar-refractivity contribution is -0.130. The Morgan fingerprint density at radius 1 is 0.969 bits per heavy atom. The van der Waals surface area contributed by atoms with Crippen LogP contribution in [0.3, 0.4) is 0 Å². The van der Waals surface area contributed by atoms with Crippen LogP contribution < -0.4 is 4.90 Å². The number of fused-ring (bicyclic) bond motifs is 1. The highest BCUT2D eigenvalue weighted by molar-refractivity contribution is 7.99. The van der Waals surface area contributed by atoms with E-state index in [1.54, 1.807) is 30.6 Å². The van der Waals surface area contributed by atoms with Gasteiger partial charge in [-0.15, -0.1) is 0 Å². The lowest BCUT2D eigenvalue weighted by Crippen LogP contribution is -2.49. The molecular formula is C24H22FN5OS. The number of benzene rings is 2. The molecule has 1 fully saturated rings. The molecule has 8 heteroatoms. The molecule has 0 spiro atoms. The zero-order valence-corrected chi connectivity index (χ0v) is 18.2. The molecular weight excluding hydrogens is 425 g/mol. The Morgan fingerprint density at radius 3 is 2.44 bits per heavy atom. The smallest absolute Gasteiger partial charge is 0.227 e. The summed E-state index contributed by atoms with van der Waals surface area (Å²) < 4.78 is 13.3. The highest BCUT2D eigenvalue weighted by Crippen LogP contribution is 2.35. The lowest BCUT2D eigenvalue weighted by atomic mass is 10.1. The standard InChI is InChI=1S/C24H22FN5OS/c25-17-6-8-18(9-7-17)32-23-20(19-4-1-2-5-21(19)28-23)16-22(31)29-12-14-30(15-13-29)24-26-10-3-11-27-24/h1-11,28H,12-16H2. The van der Waals surface area contributed by atoms with Crippen LogP contribution in [0.25, 0.3) is 10.9 Å². The third kappa shape index (κ3) is 4.31. The van der Waals surface area contributed by atoms with Gasteiger partial charge in [0.2, 0.25) is 11.9 Å². The van der Waals surface area contributed by atoms with Crippen molar-refractivity contribution in [2.24, 2.45) is 0 Å². The molecule has 162 valence electrons.